The third-order valence-electron chi connectivity index (χ3n) is 3.33. The summed E-state index contributed by atoms with van der Waals surface area (Å²) in [6.45, 7) is 6.92. The number of ether oxygens (including phenoxy) is 1. The summed E-state index contributed by atoms with van der Waals surface area (Å²) in [5.41, 5.74) is 0. The van der Waals surface area contributed by atoms with Gasteiger partial charge in [-0.1, -0.05) is 6.92 Å². The van der Waals surface area contributed by atoms with Crippen LogP contribution in [0, 0.1) is 0 Å². The molecule has 1 aliphatic heterocycles. The average Bonchev–Trinajstić information content (AvgIpc) is 2.37. The molecule has 0 spiro atoms. The summed E-state index contributed by atoms with van der Waals surface area (Å²) in [6.07, 6.45) is 1.11. The highest BCUT2D eigenvalue weighted by Crippen LogP contribution is 2.08. The lowest BCUT2D eigenvalue weighted by molar-refractivity contribution is -0.146. The number of aliphatic carboxylic acids is 1. The predicted octanol–water partition coefficient (Wildman–Crippen LogP) is 0.0303. The van der Waals surface area contributed by atoms with E-state index in [-0.39, 0.29) is 12.5 Å². The number of carbonyl (C=O) groups is 2. The molecule has 1 unspecified atom stereocenters. The van der Waals surface area contributed by atoms with Gasteiger partial charge in [0, 0.05) is 32.2 Å². The fraction of sp³-hybridized carbons (Fsp3) is 0.833. The second kappa shape index (κ2) is 7.33. The lowest BCUT2D eigenvalue weighted by Crippen LogP contribution is -2.52. The third kappa shape index (κ3) is 4.62. The molecular weight excluding hydrogens is 236 g/mol. The highest BCUT2D eigenvalue weighted by atomic mass is 16.5. The molecule has 0 aliphatic carbocycles. The van der Waals surface area contributed by atoms with Crippen LogP contribution < -0.4 is 0 Å². The molecule has 1 fully saturated rings. The van der Waals surface area contributed by atoms with Gasteiger partial charge in [-0.3, -0.25) is 9.69 Å². The van der Waals surface area contributed by atoms with Crippen molar-refractivity contribution in [1.29, 1.82) is 0 Å². The van der Waals surface area contributed by atoms with Crippen molar-refractivity contribution in [1.82, 2.24) is 9.80 Å². The number of carboxylic acid groups (broad SMARTS) is 1. The van der Waals surface area contributed by atoms with Crippen LogP contribution in [0.2, 0.25) is 0 Å². The smallest absolute Gasteiger partial charge is 0.329 e. The second-order valence-electron chi connectivity index (χ2n) is 4.56. The molecule has 0 saturated carbocycles. The molecule has 6 heteroatoms. The quantitative estimate of drug-likeness (QED) is 0.728. The number of amides is 1. The van der Waals surface area contributed by atoms with Crippen LogP contribution in [0.1, 0.15) is 20.3 Å². The van der Waals surface area contributed by atoms with Crippen LogP contribution in [0.15, 0.2) is 0 Å². The molecule has 0 aromatic carbocycles. The first-order valence-corrected chi connectivity index (χ1v) is 6.36. The second-order valence-corrected chi connectivity index (χ2v) is 4.56. The standard InChI is InChI=1S/C12H22N2O4/c1-3-10(2)13-4-6-14(7-5-13)11(15)8-18-9-12(16)17/h10H,3-9H2,1-2H3,(H,16,17). The lowest BCUT2D eigenvalue weighted by Gasteiger charge is -2.37. The number of hydrogen-bond acceptors (Lipinski definition) is 4. The maximum Gasteiger partial charge on any atom is 0.329 e. The molecule has 1 amide bonds. The van der Waals surface area contributed by atoms with Gasteiger partial charge < -0.3 is 14.7 Å². The number of carbonyl (C=O) groups excluding carboxylic acids is 1. The van der Waals surface area contributed by atoms with E-state index in [0.717, 1.165) is 19.5 Å². The Labute approximate surface area is 107 Å². The Balaban J connectivity index is 2.25. The van der Waals surface area contributed by atoms with E-state index in [4.69, 9.17) is 9.84 Å². The molecule has 1 atom stereocenters. The molecule has 0 radical (unpaired) electrons. The monoisotopic (exact) mass is 258 g/mol. The fourth-order valence-corrected chi connectivity index (χ4v) is 1.99. The van der Waals surface area contributed by atoms with Crippen LogP contribution in [-0.2, 0) is 14.3 Å². The number of carboxylic acids is 1. The van der Waals surface area contributed by atoms with Crippen molar-refractivity contribution < 1.29 is 19.4 Å². The van der Waals surface area contributed by atoms with Crippen LogP contribution in [0.3, 0.4) is 0 Å². The zero-order chi connectivity index (χ0) is 13.5. The summed E-state index contributed by atoms with van der Waals surface area (Å²) < 4.78 is 4.80. The van der Waals surface area contributed by atoms with Gasteiger partial charge in [-0.15, -0.1) is 0 Å². The van der Waals surface area contributed by atoms with Crippen molar-refractivity contribution in [2.75, 3.05) is 39.4 Å². The van der Waals surface area contributed by atoms with Gasteiger partial charge in [-0.25, -0.2) is 4.79 Å². The van der Waals surface area contributed by atoms with Gasteiger partial charge in [0.25, 0.3) is 0 Å². The molecule has 1 N–H and O–H groups in total. The number of piperazine rings is 1. The normalized spacial score (nSPS) is 18.7. The van der Waals surface area contributed by atoms with Crippen molar-refractivity contribution >= 4 is 11.9 Å². The summed E-state index contributed by atoms with van der Waals surface area (Å²) in [4.78, 5) is 26.1. The Kier molecular flexibility index (Phi) is 6.07. The first-order valence-electron chi connectivity index (χ1n) is 6.36. The Hall–Kier alpha value is -1.14. The molecule has 18 heavy (non-hydrogen) atoms. The van der Waals surface area contributed by atoms with Crippen molar-refractivity contribution in [3.05, 3.63) is 0 Å². The van der Waals surface area contributed by atoms with Crippen molar-refractivity contribution in [3.63, 3.8) is 0 Å². The maximum absolute atomic E-state index is 11.7. The number of hydrogen-bond donors (Lipinski definition) is 1. The van der Waals surface area contributed by atoms with E-state index in [1.807, 2.05) is 0 Å². The van der Waals surface area contributed by atoms with E-state index in [1.165, 1.54) is 0 Å². The SMILES string of the molecule is CCC(C)N1CCN(C(=O)COCC(=O)O)CC1. The first-order chi connectivity index (χ1) is 8.54. The summed E-state index contributed by atoms with van der Waals surface area (Å²) in [6, 6.07) is 0.547. The maximum atomic E-state index is 11.7. The molecule has 1 aliphatic rings. The fourth-order valence-electron chi connectivity index (χ4n) is 1.99. The van der Waals surface area contributed by atoms with E-state index in [0.29, 0.717) is 19.1 Å². The third-order valence-corrected chi connectivity index (χ3v) is 3.33. The van der Waals surface area contributed by atoms with Crippen molar-refractivity contribution in [2.45, 2.75) is 26.3 Å². The van der Waals surface area contributed by atoms with Crippen molar-refractivity contribution in [2.24, 2.45) is 0 Å². The van der Waals surface area contributed by atoms with E-state index in [2.05, 4.69) is 18.7 Å². The van der Waals surface area contributed by atoms with Crippen LogP contribution in [0.5, 0.6) is 0 Å². The highest BCUT2D eigenvalue weighted by molar-refractivity contribution is 5.78. The minimum absolute atomic E-state index is 0.125. The van der Waals surface area contributed by atoms with Gasteiger partial charge in [0.15, 0.2) is 0 Å². The van der Waals surface area contributed by atoms with Gasteiger partial charge in [-0.05, 0) is 13.3 Å². The van der Waals surface area contributed by atoms with E-state index < -0.39 is 12.6 Å². The topological polar surface area (TPSA) is 70.1 Å². The Morgan fingerprint density at radius 2 is 1.83 bits per heavy atom. The summed E-state index contributed by atoms with van der Waals surface area (Å²) >= 11 is 0. The molecule has 0 aromatic rings. The number of rotatable bonds is 6. The molecule has 6 nitrogen and oxygen atoms in total. The van der Waals surface area contributed by atoms with Crippen LogP contribution in [-0.4, -0.2) is 72.2 Å². The minimum atomic E-state index is -1.05. The minimum Gasteiger partial charge on any atom is -0.480 e. The Morgan fingerprint density at radius 3 is 2.33 bits per heavy atom. The highest BCUT2D eigenvalue weighted by Gasteiger charge is 2.23. The molecule has 0 bridgehead atoms. The summed E-state index contributed by atoms with van der Waals surface area (Å²) in [5, 5.41) is 8.40. The van der Waals surface area contributed by atoms with Crippen LogP contribution in [0.25, 0.3) is 0 Å². The lowest BCUT2D eigenvalue weighted by atomic mass is 10.2. The molecule has 1 heterocycles. The summed E-state index contributed by atoms with van der Waals surface area (Å²) in [7, 11) is 0. The van der Waals surface area contributed by atoms with Crippen LogP contribution >= 0.6 is 0 Å². The van der Waals surface area contributed by atoms with E-state index in [9.17, 15) is 9.59 Å². The van der Waals surface area contributed by atoms with Gasteiger partial charge in [0.2, 0.25) is 5.91 Å². The Bertz CT molecular complexity index is 288. The predicted molar refractivity (Wildman–Crippen MR) is 66.4 cm³/mol. The number of nitrogens with zero attached hydrogens (tertiary/aromatic N) is 2. The average molecular weight is 258 g/mol. The molecule has 0 aromatic heterocycles. The largest absolute Gasteiger partial charge is 0.480 e. The van der Waals surface area contributed by atoms with E-state index in [1.54, 1.807) is 4.90 Å². The van der Waals surface area contributed by atoms with Gasteiger partial charge in [0.05, 0.1) is 0 Å². The first kappa shape index (κ1) is 14.9. The van der Waals surface area contributed by atoms with Gasteiger partial charge >= 0.3 is 5.97 Å². The van der Waals surface area contributed by atoms with Gasteiger partial charge in [-0.2, -0.15) is 0 Å². The molecule has 104 valence electrons. The molecular formula is C12H22N2O4. The Morgan fingerprint density at radius 1 is 1.22 bits per heavy atom. The van der Waals surface area contributed by atoms with E-state index >= 15 is 0 Å². The zero-order valence-corrected chi connectivity index (χ0v) is 11.1. The molecule has 1 rings (SSSR count). The zero-order valence-electron chi connectivity index (χ0n) is 11.1. The van der Waals surface area contributed by atoms with Crippen molar-refractivity contribution in [3.8, 4) is 0 Å². The van der Waals surface area contributed by atoms with Crippen LogP contribution in [0.4, 0.5) is 0 Å². The van der Waals surface area contributed by atoms with Gasteiger partial charge in [0.1, 0.15) is 13.2 Å². The summed E-state index contributed by atoms with van der Waals surface area (Å²) in [5.74, 6) is -1.18. The molecule has 1 saturated heterocycles.